The van der Waals surface area contributed by atoms with Crippen LogP contribution >= 0.6 is 0 Å². The largest absolute Gasteiger partial charge is 0.124 e. The van der Waals surface area contributed by atoms with Gasteiger partial charge in [0.25, 0.3) is 0 Å². The molecule has 0 aromatic rings. The first kappa shape index (κ1) is 18.7. The van der Waals surface area contributed by atoms with Crippen molar-refractivity contribution >= 4 is 0 Å². The van der Waals surface area contributed by atoms with Crippen LogP contribution in [0.25, 0.3) is 0 Å². The third-order valence-electron chi connectivity index (χ3n) is 0. The van der Waals surface area contributed by atoms with Crippen LogP contribution in [0.3, 0.4) is 0 Å². The minimum atomic E-state index is 0. The van der Waals surface area contributed by atoms with E-state index in [0.29, 0.717) is 0 Å². The molecule has 0 spiro atoms. The summed E-state index contributed by atoms with van der Waals surface area (Å²) in [6.45, 7) is 5.25. The first-order valence-electron chi connectivity index (χ1n) is 1.32. The summed E-state index contributed by atoms with van der Waals surface area (Å²) in [6.07, 6.45) is 9.75. The fraction of sp³-hybridized carbons (Fsp3) is 0.200. The van der Waals surface area contributed by atoms with E-state index in [1.54, 1.807) is 6.08 Å². The molecule has 0 N–H and O–H groups in total. The third kappa shape index (κ3) is 30.4. The van der Waals surface area contributed by atoms with E-state index >= 15 is 0 Å². The molecule has 0 bridgehead atoms. The molecule has 0 aromatic carbocycles. The summed E-state index contributed by atoms with van der Waals surface area (Å²) in [7, 11) is 0. The summed E-state index contributed by atoms with van der Waals surface area (Å²) >= 11 is 0. The average Bonchev–Trinajstić information content (AvgIpc) is 1.46. The number of allylic oxidation sites excluding steroid dienone is 1. The van der Waals surface area contributed by atoms with Crippen molar-refractivity contribution in [3.63, 3.8) is 0 Å². The maximum absolute atomic E-state index is 4.00. The van der Waals surface area contributed by atoms with E-state index < -0.39 is 0 Å². The van der Waals surface area contributed by atoms with Crippen molar-refractivity contribution in [1.29, 1.82) is 0 Å². The molecule has 0 fully saturated rings. The van der Waals surface area contributed by atoms with Crippen LogP contribution in [0.4, 0.5) is 0 Å². The Hall–Kier alpha value is -0.740. The minimum Gasteiger partial charge on any atom is -0.124 e. The highest BCUT2D eigenvalue weighted by Gasteiger charge is 1.15. The minimum absolute atomic E-state index is 0. The van der Waals surface area contributed by atoms with Gasteiger partial charge < -0.3 is 0 Å². The summed E-state index contributed by atoms with van der Waals surface area (Å²) < 4.78 is 0. The van der Waals surface area contributed by atoms with Crippen LogP contribution in [0.2, 0.25) is 0 Å². The summed E-state index contributed by atoms with van der Waals surface area (Å²) in [5, 5.41) is 0. The maximum atomic E-state index is 4.00. The van der Waals surface area contributed by atoms with Crippen LogP contribution < -0.4 is 0 Å². The second-order valence-electron chi connectivity index (χ2n) is 0.408. The van der Waals surface area contributed by atoms with Crippen molar-refractivity contribution < 1.29 is 5.48 Å². The van der Waals surface area contributed by atoms with Gasteiger partial charge in [-0.25, -0.2) is 0 Å². The lowest BCUT2D eigenvalue weighted by molar-refractivity contribution is 0.686. The summed E-state index contributed by atoms with van der Waals surface area (Å²) in [5.41, 5.74) is 0. The average molecular weight is 84.1 g/mol. The molecule has 0 aromatic heterocycles. The molecule has 34 valence electrons. The zero-order valence-electron chi connectivity index (χ0n) is 3.85. The van der Waals surface area contributed by atoms with Gasteiger partial charge in [0.2, 0.25) is 0 Å². The quantitative estimate of drug-likeness (QED) is 0.313. The van der Waals surface area contributed by atoms with E-state index in [4.69, 9.17) is 0 Å². The van der Waals surface area contributed by atoms with Crippen LogP contribution in [0.1, 0.15) is 6.92 Å². The number of rotatable bonds is 0. The van der Waals surface area contributed by atoms with Gasteiger partial charge in [-0.3, -0.25) is 0 Å². The lowest BCUT2D eigenvalue weighted by atomic mass is 10.8. The topological polar surface area (TPSA) is 28.5 Å². The Bertz CT molecular complexity index is 28.2. The van der Waals surface area contributed by atoms with E-state index in [1.807, 2.05) is 6.92 Å². The van der Waals surface area contributed by atoms with Gasteiger partial charge in [0.05, 0.1) is 0 Å². The molecule has 1 heteroatoms. The smallest absolute Gasteiger partial charge is 0 e. The molecule has 0 aliphatic rings. The normalized spacial score (nSPS) is 2.50. The highest BCUT2D eigenvalue weighted by atomic mass is 16.0. The Labute approximate surface area is 39.0 Å². The standard InChI is InChI=1S/C3H6.C2H2.O/c1-3-2;1-2;/h3H,1H2,2H3;1-2H;. The zero-order valence-corrected chi connectivity index (χ0v) is 3.85. The lowest BCUT2D eigenvalue weighted by Gasteiger charge is -1.31. The molecule has 1 nitrogen and oxygen atoms in total. The number of terminal acetylenes is 1. The lowest BCUT2D eigenvalue weighted by Crippen LogP contribution is -1.07. The first-order chi connectivity index (χ1) is 2.41. The van der Waals surface area contributed by atoms with Crippen molar-refractivity contribution in [2.75, 3.05) is 0 Å². The van der Waals surface area contributed by atoms with Crippen molar-refractivity contribution in [2.24, 2.45) is 0 Å². The van der Waals surface area contributed by atoms with Crippen molar-refractivity contribution in [3.05, 3.63) is 12.7 Å². The SMILES string of the molecule is C#C.C=CC.[O]. The Morgan fingerprint density at radius 2 is 1.50 bits per heavy atom. The predicted octanol–water partition coefficient (Wildman–Crippen LogP) is 1.32. The molecule has 0 heterocycles. The molecule has 0 unspecified atom stereocenters. The van der Waals surface area contributed by atoms with Crippen LogP contribution in [0.15, 0.2) is 12.7 Å². The molecule has 0 saturated carbocycles. The molecule has 0 amide bonds. The third-order valence-corrected chi connectivity index (χ3v) is 0. The molecule has 6 heavy (non-hydrogen) atoms. The maximum Gasteiger partial charge on any atom is 0 e. The second-order valence-corrected chi connectivity index (χ2v) is 0.408. The van der Waals surface area contributed by atoms with E-state index in [2.05, 4.69) is 19.4 Å². The monoisotopic (exact) mass is 84.1 g/mol. The van der Waals surface area contributed by atoms with Crippen molar-refractivity contribution in [2.45, 2.75) is 6.92 Å². The van der Waals surface area contributed by atoms with E-state index in [-0.39, 0.29) is 5.48 Å². The molecule has 0 rings (SSSR count). The summed E-state index contributed by atoms with van der Waals surface area (Å²) in [4.78, 5) is 0. The fourth-order valence-corrected chi connectivity index (χ4v) is 0. The Morgan fingerprint density at radius 1 is 1.50 bits per heavy atom. The van der Waals surface area contributed by atoms with Gasteiger partial charge in [-0.1, -0.05) is 6.08 Å². The number of hydrogen-bond donors (Lipinski definition) is 0. The van der Waals surface area contributed by atoms with Crippen molar-refractivity contribution in [3.8, 4) is 12.8 Å². The first-order valence-corrected chi connectivity index (χ1v) is 1.32. The Balaban J connectivity index is -0.0000000275. The molecule has 0 aliphatic carbocycles. The van der Waals surface area contributed by atoms with Crippen LogP contribution in [-0.4, -0.2) is 0 Å². The molecular formula is C5H8O. The molecular weight excluding hydrogens is 76.1 g/mol. The van der Waals surface area contributed by atoms with E-state index in [1.165, 1.54) is 0 Å². The molecule has 0 atom stereocenters. The highest BCUT2D eigenvalue weighted by Crippen LogP contribution is 1.38. The number of hydrogen-bond acceptors (Lipinski definition) is 0. The zero-order chi connectivity index (χ0) is 4.71. The summed E-state index contributed by atoms with van der Waals surface area (Å²) in [5.74, 6) is 0. The van der Waals surface area contributed by atoms with Crippen LogP contribution in [-0.2, 0) is 5.48 Å². The highest BCUT2D eigenvalue weighted by molar-refractivity contribution is 4.51. The van der Waals surface area contributed by atoms with Crippen LogP contribution in [0, 0.1) is 12.8 Å². The second kappa shape index (κ2) is 670. The Morgan fingerprint density at radius 3 is 1.50 bits per heavy atom. The Kier molecular flexibility index (Phi) is 2090. The van der Waals surface area contributed by atoms with Gasteiger partial charge in [0.15, 0.2) is 0 Å². The van der Waals surface area contributed by atoms with Gasteiger partial charge >= 0.3 is 0 Å². The van der Waals surface area contributed by atoms with Gasteiger partial charge in [0, 0.05) is 5.48 Å². The molecule has 0 aliphatic heterocycles. The van der Waals surface area contributed by atoms with Gasteiger partial charge in [-0.15, -0.1) is 19.4 Å². The molecule has 0 saturated heterocycles. The van der Waals surface area contributed by atoms with Gasteiger partial charge in [0.1, 0.15) is 0 Å². The van der Waals surface area contributed by atoms with Crippen LogP contribution in [0.5, 0.6) is 0 Å². The van der Waals surface area contributed by atoms with E-state index in [9.17, 15) is 0 Å². The van der Waals surface area contributed by atoms with Gasteiger partial charge in [-0.05, 0) is 6.92 Å². The van der Waals surface area contributed by atoms with Crippen molar-refractivity contribution in [1.82, 2.24) is 0 Å². The fourth-order valence-electron chi connectivity index (χ4n) is 0. The predicted molar refractivity (Wildman–Crippen MR) is 26.4 cm³/mol. The van der Waals surface area contributed by atoms with E-state index in [0.717, 1.165) is 0 Å². The molecule has 2 radical (unpaired) electrons. The summed E-state index contributed by atoms with van der Waals surface area (Å²) in [6, 6.07) is 0. The van der Waals surface area contributed by atoms with Gasteiger partial charge in [-0.2, -0.15) is 0 Å².